The fourth-order valence-electron chi connectivity index (χ4n) is 11.1. The van der Waals surface area contributed by atoms with Crippen LogP contribution in [0.4, 0.5) is 0 Å². The molecule has 5 rings (SSSR count). The highest BCUT2D eigenvalue weighted by Crippen LogP contribution is 2.78. The minimum atomic E-state index is 0.213. The van der Waals surface area contributed by atoms with Crippen LogP contribution in [0.3, 0.4) is 0 Å². The Bertz CT molecular complexity index is 781. The second kappa shape index (κ2) is 6.41. The number of carbonyl (C=O) groups excluding carboxylic acids is 1. The van der Waals surface area contributed by atoms with Gasteiger partial charge in [-0.05, 0) is 114 Å². The summed E-state index contributed by atoms with van der Waals surface area (Å²) in [5.74, 6) is 3.20. The minimum absolute atomic E-state index is 0.213. The van der Waals surface area contributed by atoms with E-state index in [1.54, 1.807) is 0 Å². The molecular formula is C30H50O. The standard InChI is InChI=1S/C30H50O/c1-20-9-10-21(31)24-27(20,5)12-11-22-28(24,6)16-18-30(8)23-19-25(2,3)13-14-26(23,4)15-17-29(22,30)7/h20,22-24H,9-19H2,1-8H3/t20-,22-,23+,24+,26+,27+,28+,29+,30-/m0/s1. The van der Waals surface area contributed by atoms with Gasteiger partial charge in [0.05, 0.1) is 0 Å². The summed E-state index contributed by atoms with van der Waals surface area (Å²) < 4.78 is 0. The molecule has 5 fully saturated rings. The molecule has 0 aromatic carbocycles. The van der Waals surface area contributed by atoms with Gasteiger partial charge in [0.25, 0.3) is 0 Å². The zero-order valence-corrected chi connectivity index (χ0v) is 22.0. The van der Waals surface area contributed by atoms with Gasteiger partial charge in [0.1, 0.15) is 5.78 Å². The molecule has 5 saturated carbocycles. The molecule has 0 N–H and O–H groups in total. The molecule has 1 nitrogen and oxygen atoms in total. The van der Waals surface area contributed by atoms with Crippen molar-refractivity contribution in [3.63, 3.8) is 0 Å². The Morgan fingerprint density at radius 2 is 1.29 bits per heavy atom. The van der Waals surface area contributed by atoms with Crippen LogP contribution in [0.5, 0.6) is 0 Å². The normalized spacial score (nSPS) is 58.5. The molecule has 0 aromatic rings. The van der Waals surface area contributed by atoms with Crippen LogP contribution in [0.2, 0.25) is 0 Å². The zero-order chi connectivity index (χ0) is 22.7. The van der Waals surface area contributed by atoms with Crippen LogP contribution in [0.15, 0.2) is 0 Å². The van der Waals surface area contributed by atoms with E-state index < -0.39 is 0 Å². The number of fused-ring (bicyclic) bond motifs is 7. The van der Waals surface area contributed by atoms with E-state index in [0.717, 1.165) is 24.7 Å². The Labute approximate surface area is 192 Å². The highest BCUT2D eigenvalue weighted by molar-refractivity contribution is 5.84. The van der Waals surface area contributed by atoms with Crippen molar-refractivity contribution >= 4 is 5.78 Å². The number of carbonyl (C=O) groups is 1. The molecule has 0 amide bonds. The van der Waals surface area contributed by atoms with E-state index in [2.05, 4.69) is 55.4 Å². The number of hydrogen-bond acceptors (Lipinski definition) is 1. The average molecular weight is 427 g/mol. The summed E-state index contributed by atoms with van der Waals surface area (Å²) in [5, 5.41) is 0. The summed E-state index contributed by atoms with van der Waals surface area (Å²) >= 11 is 0. The van der Waals surface area contributed by atoms with Gasteiger partial charge in [-0.2, -0.15) is 0 Å². The molecule has 0 saturated heterocycles. The maximum atomic E-state index is 13.5. The first-order valence-corrected chi connectivity index (χ1v) is 13.7. The Morgan fingerprint density at radius 3 is 2.00 bits per heavy atom. The fraction of sp³-hybridized carbons (Fsp3) is 0.967. The Balaban J connectivity index is 1.57. The molecule has 0 aromatic heterocycles. The number of hydrogen-bond donors (Lipinski definition) is 0. The van der Waals surface area contributed by atoms with Crippen molar-refractivity contribution in [3.8, 4) is 0 Å². The van der Waals surface area contributed by atoms with Crippen LogP contribution in [0, 0.1) is 56.2 Å². The number of ketones is 1. The Morgan fingerprint density at radius 1 is 0.677 bits per heavy atom. The van der Waals surface area contributed by atoms with E-state index in [1.807, 2.05) is 0 Å². The molecule has 0 radical (unpaired) electrons. The molecule has 0 bridgehead atoms. The predicted molar refractivity (Wildman–Crippen MR) is 130 cm³/mol. The third kappa shape index (κ3) is 2.70. The van der Waals surface area contributed by atoms with Gasteiger partial charge in [-0.3, -0.25) is 4.79 Å². The van der Waals surface area contributed by atoms with E-state index in [0.29, 0.717) is 39.3 Å². The average Bonchev–Trinajstić information content (AvgIpc) is 2.68. The van der Waals surface area contributed by atoms with Crippen molar-refractivity contribution in [1.29, 1.82) is 0 Å². The van der Waals surface area contributed by atoms with Crippen LogP contribution >= 0.6 is 0 Å². The molecule has 5 aliphatic carbocycles. The molecule has 0 aliphatic heterocycles. The number of rotatable bonds is 0. The summed E-state index contributed by atoms with van der Waals surface area (Å²) in [6, 6.07) is 0. The van der Waals surface area contributed by atoms with Gasteiger partial charge in [-0.1, -0.05) is 55.4 Å². The van der Waals surface area contributed by atoms with Gasteiger partial charge in [-0.25, -0.2) is 0 Å². The quantitative estimate of drug-likeness (QED) is 0.379. The molecule has 5 aliphatic rings. The first kappa shape index (κ1) is 22.5. The van der Waals surface area contributed by atoms with E-state index >= 15 is 0 Å². The van der Waals surface area contributed by atoms with Crippen molar-refractivity contribution < 1.29 is 4.79 Å². The van der Waals surface area contributed by atoms with Gasteiger partial charge in [0.15, 0.2) is 0 Å². The van der Waals surface area contributed by atoms with Crippen molar-refractivity contribution in [1.82, 2.24) is 0 Å². The topological polar surface area (TPSA) is 17.1 Å². The van der Waals surface area contributed by atoms with Crippen molar-refractivity contribution in [2.45, 2.75) is 126 Å². The van der Waals surface area contributed by atoms with Crippen molar-refractivity contribution in [2.24, 2.45) is 56.2 Å². The van der Waals surface area contributed by atoms with Crippen molar-refractivity contribution in [3.05, 3.63) is 0 Å². The zero-order valence-electron chi connectivity index (χ0n) is 22.0. The summed E-state index contributed by atoms with van der Waals surface area (Å²) in [6.45, 7) is 20.7. The highest BCUT2D eigenvalue weighted by atomic mass is 16.1. The van der Waals surface area contributed by atoms with Crippen LogP contribution < -0.4 is 0 Å². The van der Waals surface area contributed by atoms with E-state index in [4.69, 9.17) is 0 Å². The SMILES string of the molecule is C[C@H]1CCC(=O)[C@@H]2[C@]1(C)CC[C@H]1[C@@]2(C)CC[C@@]2(C)[C@@H]3CC(C)(C)CC[C@]3(C)CC[C@]12C. The molecule has 0 unspecified atom stereocenters. The van der Waals surface area contributed by atoms with E-state index in [9.17, 15) is 4.79 Å². The molecule has 1 heteroatoms. The smallest absolute Gasteiger partial charge is 0.137 e. The fourth-order valence-corrected chi connectivity index (χ4v) is 11.1. The van der Waals surface area contributed by atoms with Gasteiger partial charge < -0.3 is 0 Å². The summed E-state index contributed by atoms with van der Waals surface area (Å²) in [6.07, 6.45) is 14.3. The number of Topliss-reactive ketones (excluding diaryl/α,β-unsaturated/α-hetero) is 1. The molecule has 9 atom stereocenters. The maximum Gasteiger partial charge on any atom is 0.137 e. The highest BCUT2D eigenvalue weighted by Gasteiger charge is 2.71. The lowest BCUT2D eigenvalue weighted by molar-refractivity contribution is -0.253. The van der Waals surface area contributed by atoms with Crippen LogP contribution in [0.1, 0.15) is 126 Å². The molecule has 31 heavy (non-hydrogen) atoms. The molecular weight excluding hydrogens is 376 g/mol. The summed E-state index contributed by atoms with van der Waals surface area (Å²) in [4.78, 5) is 13.5. The third-order valence-corrected chi connectivity index (χ3v) is 13.6. The first-order chi connectivity index (χ1) is 14.2. The van der Waals surface area contributed by atoms with Crippen LogP contribution in [-0.2, 0) is 4.79 Å². The second-order valence-corrected chi connectivity index (χ2v) is 15.4. The predicted octanol–water partition coefficient (Wildman–Crippen LogP) is 8.46. The van der Waals surface area contributed by atoms with Crippen LogP contribution in [0.25, 0.3) is 0 Å². The second-order valence-electron chi connectivity index (χ2n) is 15.4. The van der Waals surface area contributed by atoms with E-state index in [-0.39, 0.29) is 10.8 Å². The molecule has 0 spiro atoms. The lowest BCUT2D eigenvalue weighted by atomic mass is 9.30. The summed E-state index contributed by atoms with van der Waals surface area (Å²) in [7, 11) is 0. The molecule has 176 valence electrons. The van der Waals surface area contributed by atoms with Crippen LogP contribution in [-0.4, -0.2) is 5.78 Å². The lowest BCUT2D eigenvalue weighted by Gasteiger charge is -2.74. The maximum absolute atomic E-state index is 13.5. The Kier molecular flexibility index (Phi) is 4.65. The van der Waals surface area contributed by atoms with E-state index in [1.165, 1.54) is 57.8 Å². The monoisotopic (exact) mass is 426 g/mol. The summed E-state index contributed by atoms with van der Waals surface area (Å²) in [5.41, 5.74) is 2.30. The minimum Gasteiger partial charge on any atom is -0.299 e. The van der Waals surface area contributed by atoms with Gasteiger partial charge >= 0.3 is 0 Å². The Hall–Kier alpha value is -0.330. The van der Waals surface area contributed by atoms with Gasteiger partial charge in [-0.15, -0.1) is 0 Å². The van der Waals surface area contributed by atoms with Gasteiger partial charge in [0, 0.05) is 12.3 Å². The largest absolute Gasteiger partial charge is 0.299 e. The van der Waals surface area contributed by atoms with Gasteiger partial charge in [0.2, 0.25) is 0 Å². The third-order valence-electron chi connectivity index (χ3n) is 13.6. The molecule has 0 heterocycles. The first-order valence-electron chi connectivity index (χ1n) is 13.7. The lowest BCUT2D eigenvalue weighted by Crippen LogP contribution is -2.68. The van der Waals surface area contributed by atoms with Crippen molar-refractivity contribution in [2.75, 3.05) is 0 Å².